The molecule has 2 amide bonds. The first-order valence-electron chi connectivity index (χ1n) is 11.6. The molecule has 0 aromatic heterocycles. The van der Waals surface area contributed by atoms with Gasteiger partial charge in [0.2, 0.25) is 21.8 Å². The number of anilines is 1. The van der Waals surface area contributed by atoms with Gasteiger partial charge in [0.25, 0.3) is 0 Å². The lowest BCUT2D eigenvalue weighted by atomic mass is 10.1. The summed E-state index contributed by atoms with van der Waals surface area (Å²) < 4.78 is 52.5. The minimum atomic E-state index is -3.83. The van der Waals surface area contributed by atoms with Gasteiger partial charge in [-0.2, -0.15) is 0 Å². The van der Waals surface area contributed by atoms with Crippen LogP contribution in [0.25, 0.3) is 0 Å². The first kappa shape index (κ1) is 29.5. The molecule has 0 aliphatic carbocycles. The van der Waals surface area contributed by atoms with E-state index in [0.717, 1.165) is 35.2 Å². The summed E-state index contributed by atoms with van der Waals surface area (Å²) in [6.45, 7) is 5.37. The molecule has 7 nitrogen and oxygen atoms in total. The maximum Gasteiger partial charge on any atom is 0.242 e. The second kappa shape index (κ2) is 13.0. The van der Waals surface area contributed by atoms with Crippen molar-refractivity contribution in [2.75, 3.05) is 17.1 Å². The highest BCUT2D eigenvalue weighted by Crippen LogP contribution is 2.22. The minimum absolute atomic E-state index is 0.0435. The molecular formula is C25H32ClF2N3O4S. The average Bonchev–Trinajstić information content (AvgIpc) is 2.81. The van der Waals surface area contributed by atoms with Gasteiger partial charge in [0, 0.05) is 36.6 Å². The topological polar surface area (TPSA) is 86.8 Å². The van der Waals surface area contributed by atoms with Crippen molar-refractivity contribution in [1.82, 2.24) is 10.2 Å². The van der Waals surface area contributed by atoms with Gasteiger partial charge < -0.3 is 10.2 Å². The predicted molar refractivity (Wildman–Crippen MR) is 137 cm³/mol. The van der Waals surface area contributed by atoms with Crippen molar-refractivity contribution >= 4 is 39.1 Å². The lowest BCUT2D eigenvalue weighted by Gasteiger charge is -2.30. The van der Waals surface area contributed by atoms with Gasteiger partial charge in [-0.3, -0.25) is 13.9 Å². The van der Waals surface area contributed by atoms with Crippen molar-refractivity contribution in [2.24, 2.45) is 0 Å². The standard InChI is InChI=1S/C25H32ClF2N3O4S/c1-5-17(2)29-25(33)18(3)30(16-19-9-6-7-10-21(19)26)24(32)11-8-14-31(36(4,34)35)20-12-13-22(27)23(28)15-20/h6-7,9-10,12-13,15,17-18H,5,8,11,14,16H2,1-4H3,(H,29,33)/t17-,18+/m1/s1. The van der Waals surface area contributed by atoms with Gasteiger partial charge in [-0.1, -0.05) is 36.7 Å². The zero-order chi connectivity index (χ0) is 27.0. The molecule has 2 aromatic carbocycles. The van der Waals surface area contributed by atoms with Crippen LogP contribution in [0.2, 0.25) is 5.02 Å². The number of carbonyl (C=O) groups excluding carboxylic acids is 2. The van der Waals surface area contributed by atoms with E-state index in [4.69, 9.17) is 11.6 Å². The fourth-order valence-corrected chi connectivity index (χ4v) is 4.66. The van der Waals surface area contributed by atoms with E-state index in [9.17, 15) is 26.8 Å². The van der Waals surface area contributed by atoms with Gasteiger partial charge in [0.1, 0.15) is 6.04 Å². The second-order valence-electron chi connectivity index (χ2n) is 8.64. The number of halogens is 3. The first-order valence-corrected chi connectivity index (χ1v) is 13.8. The van der Waals surface area contributed by atoms with Crippen LogP contribution in [0.3, 0.4) is 0 Å². The molecular weight excluding hydrogens is 512 g/mol. The third kappa shape index (κ3) is 8.16. The van der Waals surface area contributed by atoms with Gasteiger partial charge in [0.05, 0.1) is 11.9 Å². The Morgan fingerprint density at radius 3 is 2.33 bits per heavy atom. The molecule has 0 heterocycles. The van der Waals surface area contributed by atoms with Crippen LogP contribution in [0.15, 0.2) is 42.5 Å². The number of amides is 2. The summed E-state index contributed by atoms with van der Waals surface area (Å²) in [6, 6.07) is 8.91. The monoisotopic (exact) mass is 543 g/mol. The van der Waals surface area contributed by atoms with Crippen LogP contribution >= 0.6 is 11.6 Å². The summed E-state index contributed by atoms with van der Waals surface area (Å²) in [4.78, 5) is 27.5. The Labute approximate surface area is 216 Å². The summed E-state index contributed by atoms with van der Waals surface area (Å²) in [5, 5.41) is 3.32. The number of hydrogen-bond donors (Lipinski definition) is 1. The molecule has 2 aromatic rings. The third-order valence-corrected chi connectivity index (χ3v) is 7.37. The van der Waals surface area contributed by atoms with Gasteiger partial charge in [-0.25, -0.2) is 17.2 Å². The largest absolute Gasteiger partial charge is 0.352 e. The molecule has 0 aliphatic heterocycles. The van der Waals surface area contributed by atoms with E-state index in [2.05, 4.69) is 5.32 Å². The maximum absolute atomic E-state index is 13.7. The van der Waals surface area contributed by atoms with E-state index in [-0.39, 0.29) is 49.5 Å². The molecule has 36 heavy (non-hydrogen) atoms. The molecule has 1 N–H and O–H groups in total. The van der Waals surface area contributed by atoms with Gasteiger partial charge in [-0.05, 0) is 50.5 Å². The Kier molecular flexibility index (Phi) is 10.7. The molecule has 0 saturated carbocycles. The lowest BCUT2D eigenvalue weighted by molar-refractivity contribution is -0.140. The Hall–Kier alpha value is -2.72. The minimum Gasteiger partial charge on any atom is -0.352 e. The van der Waals surface area contributed by atoms with Crippen molar-refractivity contribution in [3.05, 3.63) is 64.7 Å². The molecule has 0 saturated heterocycles. The van der Waals surface area contributed by atoms with Crippen molar-refractivity contribution in [3.63, 3.8) is 0 Å². The van der Waals surface area contributed by atoms with E-state index in [0.29, 0.717) is 10.6 Å². The van der Waals surface area contributed by atoms with Gasteiger partial charge in [0.15, 0.2) is 11.6 Å². The fourth-order valence-electron chi connectivity index (χ4n) is 3.50. The van der Waals surface area contributed by atoms with Crippen molar-refractivity contribution < 1.29 is 26.8 Å². The van der Waals surface area contributed by atoms with E-state index in [1.807, 2.05) is 13.8 Å². The Morgan fingerprint density at radius 1 is 1.08 bits per heavy atom. The zero-order valence-electron chi connectivity index (χ0n) is 20.8. The number of benzene rings is 2. The van der Waals surface area contributed by atoms with Crippen LogP contribution in [0.1, 0.15) is 45.6 Å². The van der Waals surface area contributed by atoms with Crippen LogP contribution in [0, 0.1) is 11.6 Å². The molecule has 198 valence electrons. The predicted octanol–water partition coefficient (Wildman–Crippen LogP) is 4.50. The highest BCUT2D eigenvalue weighted by Gasteiger charge is 2.28. The highest BCUT2D eigenvalue weighted by atomic mass is 35.5. The summed E-state index contributed by atoms with van der Waals surface area (Å²) in [5.41, 5.74) is 0.619. The van der Waals surface area contributed by atoms with Crippen LogP contribution in [-0.2, 0) is 26.2 Å². The smallest absolute Gasteiger partial charge is 0.242 e. The van der Waals surface area contributed by atoms with E-state index >= 15 is 0 Å². The van der Waals surface area contributed by atoms with Crippen LogP contribution in [0.5, 0.6) is 0 Å². The lowest BCUT2D eigenvalue weighted by Crippen LogP contribution is -2.49. The molecule has 0 bridgehead atoms. The molecule has 11 heteroatoms. The average molecular weight is 544 g/mol. The second-order valence-corrected chi connectivity index (χ2v) is 11.0. The number of nitrogens with one attached hydrogen (secondary N) is 1. The molecule has 0 fully saturated rings. The van der Waals surface area contributed by atoms with Crippen molar-refractivity contribution in [2.45, 2.75) is 58.7 Å². The van der Waals surface area contributed by atoms with E-state index < -0.39 is 27.7 Å². The number of carbonyl (C=O) groups is 2. The molecule has 0 spiro atoms. The fraction of sp³-hybridized carbons (Fsp3) is 0.440. The third-order valence-electron chi connectivity index (χ3n) is 5.81. The Morgan fingerprint density at radius 2 is 1.75 bits per heavy atom. The Bertz CT molecular complexity index is 1180. The quantitative estimate of drug-likeness (QED) is 0.427. The summed E-state index contributed by atoms with van der Waals surface area (Å²) in [7, 11) is -3.83. The molecule has 2 atom stereocenters. The highest BCUT2D eigenvalue weighted by molar-refractivity contribution is 7.92. The number of sulfonamides is 1. The number of rotatable bonds is 12. The van der Waals surface area contributed by atoms with Crippen molar-refractivity contribution in [3.8, 4) is 0 Å². The van der Waals surface area contributed by atoms with E-state index in [1.54, 1.807) is 31.2 Å². The molecule has 2 rings (SSSR count). The van der Waals surface area contributed by atoms with Gasteiger partial charge in [-0.15, -0.1) is 0 Å². The SMILES string of the molecule is CC[C@@H](C)NC(=O)[C@H](C)N(Cc1ccccc1Cl)C(=O)CCCN(c1ccc(F)c(F)c1)S(C)(=O)=O. The maximum atomic E-state index is 13.7. The van der Waals surface area contributed by atoms with Crippen LogP contribution < -0.4 is 9.62 Å². The van der Waals surface area contributed by atoms with Crippen LogP contribution in [-0.4, -0.2) is 50.0 Å². The molecule has 0 aliphatic rings. The normalized spacial score (nSPS) is 13.1. The Balaban J connectivity index is 2.20. The van der Waals surface area contributed by atoms with Crippen LogP contribution in [0.4, 0.5) is 14.5 Å². The zero-order valence-corrected chi connectivity index (χ0v) is 22.4. The summed E-state index contributed by atoms with van der Waals surface area (Å²) in [5.74, 6) is -2.96. The van der Waals surface area contributed by atoms with Gasteiger partial charge >= 0.3 is 0 Å². The first-order chi connectivity index (χ1) is 16.8. The molecule has 0 unspecified atom stereocenters. The molecule has 0 radical (unpaired) electrons. The number of hydrogen-bond acceptors (Lipinski definition) is 4. The number of nitrogens with zero attached hydrogens (tertiary/aromatic N) is 2. The summed E-state index contributed by atoms with van der Waals surface area (Å²) in [6.07, 6.45) is 1.67. The van der Waals surface area contributed by atoms with E-state index in [1.165, 1.54) is 4.90 Å². The van der Waals surface area contributed by atoms with Crippen molar-refractivity contribution in [1.29, 1.82) is 0 Å². The summed E-state index contributed by atoms with van der Waals surface area (Å²) >= 11 is 6.28.